The van der Waals surface area contributed by atoms with Gasteiger partial charge in [0.2, 0.25) is 0 Å². The van der Waals surface area contributed by atoms with Crippen molar-refractivity contribution in [3.8, 4) is 11.3 Å². The molecule has 0 fully saturated rings. The molecule has 0 atom stereocenters. The number of rotatable bonds is 4. The Balaban J connectivity index is 1.96. The number of nitrogens with zero attached hydrogens (tertiary/aromatic N) is 1. The van der Waals surface area contributed by atoms with Crippen molar-refractivity contribution in [3.63, 3.8) is 0 Å². The number of carbonyl (C=O) groups is 1. The van der Waals surface area contributed by atoms with Crippen LogP contribution in [-0.4, -0.2) is 25.1 Å². The van der Waals surface area contributed by atoms with Gasteiger partial charge >= 0.3 is 6.18 Å². The lowest BCUT2D eigenvalue weighted by Crippen LogP contribution is -2.12. The summed E-state index contributed by atoms with van der Waals surface area (Å²) in [6.45, 7) is 1.59. The normalized spacial score (nSPS) is 12.1. The molecule has 2 aromatic carbocycles. The molecule has 158 valence electrons. The number of anilines is 1. The Labute approximate surface area is 172 Å². The van der Waals surface area contributed by atoms with Crippen molar-refractivity contribution < 1.29 is 26.4 Å². The molecule has 9 heteroatoms. The van der Waals surface area contributed by atoms with Crippen molar-refractivity contribution in [1.29, 1.82) is 0 Å². The Morgan fingerprint density at radius 1 is 1.03 bits per heavy atom. The third-order valence-electron chi connectivity index (χ3n) is 4.71. The standard InChI is InChI=1S/C21H19F3N2O3S/c1-13-17(20(27)25-14-8-10-15(11-9-14)30(3,28)29)12-26(2)19(13)16-6-4-5-7-18(16)21(22,23)24/h4-12H,1-3H3,(H,25,27). The zero-order valence-electron chi connectivity index (χ0n) is 16.4. The number of alkyl halides is 3. The summed E-state index contributed by atoms with van der Waals surface area (Å²) >= 11 is 0. The second-order valence-corrected chi connectivity index (χ2v) is 8.94. The number of aryl methyl sites for hydroxylation is 1. The zero-order chi connectivity index (χ0) is 22.3. The minimum atomic E-state index is -4.53. The number of hydrogen-bond donors (Lipinski definition) is 1. The van der Waals surface area contributed by atoms with Crippen LogP contribution in [0.15, 0.2) is 59.6 Å². The van der Waals surface area contributed by atoms with Crippen molar-refractivity contribution in [3.05, 3.63) is 71.4 Å². The second kappa shape index (κ2) is 7.64. The van der Waals surface area contributed by atoms with Crippen LogP contribution in [-0.2, 0) is 23.1 Å². The van der Waals surface area contributed by atoms with Gasteiger partial charge in [-0.05, 0) is 42.8 Å². The van der Waals surface area contributed by atoms with Crippen LogP contribution in [0.2, 0.25) is 0 Å². The third-order valence-corrected chi connectivity index (χ3v) is 5.84. The van der Waals surface area contributed by atoms with Crippen LogP contribution in [0.25, 0.3) is 11.3 Å². The highest BCUT2D eigenvalue weighted by molar-refractivity contribution is 7.90. The lowest BCUT2D eigenvalue weighted by atomic mass is 10.00. The number of hydrogen-bond acceptors (Lipinski definition) is 3. The zero-order valence-corrected chi connectivity index (χ0v) is 17.2. The fourth-order valence-electron chi connectivity index (χ4n) is 3.29. The Hall–Kier alpha value is -3.07. The van der Waals surface area contributed by atoms with E-state index in [2.05, 4.69) is 5.32 Å². The first-order chi connectivity index (χ1) is 13.9. The van der Waals surface area contributed by atoms with Crippen LogP contribution in [0.1, 0.15) is 21.5 Å². The Kier molecular flexibility index (Phi) is 5.51. The highest BCUT2D eigenvalue weighted by atomic mass is 32.2. The van der Waals surface area contributed by atoms with Crippen molar-refractivity contribution in [1.82, 2.24) is 4.57 Å². The first-order valence-corrected chi connectivity index (χ1v) is 10.7. The molecule has 1 aromatic heterocycles. The summed E-state index contributed by atoms with van der Waals surface area (Å²) in [5.41, 5.74) is 0.490. The molecule has 1 N–H and O–H groups in total. The monoisotopic (exact) mass is 436 g/mol. The molecule has 1 amide bonds. The second-order valence-electron chi connectivity index (χ2n) is 6.92. The summed E-state index contributed by atoms with van der Waals surface area (Å²) in [7, 11) is -1.79. The van der Waals surface area contributed by atoms with Crippen LogP contribution in [0.5, 0.6) is 0 Å². The molecular formula is C21H19F3N2O3S. The summed E-state index contributed by atoms with van der Waals surface area (Å²) in [6, 6.07) is 10.8. The summed E-state index contributed by atoms with van der Waals surface area (Å²) in [6.07, 6.45) is -1.98. The van der Waals surface area contributed by atoms with Gasteiger partial charge in [-0.3, -0.25) is 4.79 Å². The molecule has 3 aromatic rings. The number of aromatic nitrogens is 1. The van der Waals surface area contributed by atoms with Gasteiger partial charge in [-0.2, -0.15) is 13.2 Å². The summed E-state index contributed by atoms with van der Waals surface area (Å²) < 4.78 is 64.9. The van der Waals surface area contributed by atoms with Gasteiger partial charge in [0.05, 0.1) is 21.7 Å². The van der Waals surface area contributed by atoms with E-state index in [9.17, 15) is 26.4 Å². The number of carbonyl (C=O) groups excluding carboxylic acids is 1. The van der Waals surface area contributed by atoms with E-state index in [1.165, 1.54) is 53.2 Å². The molecule has 0 aliphatic rings. The first-order valence-electron chi connectivity index (χ1n) is 8.83. The molecule has 0 spiro atoms. The van der Waals surface area contributed by atoms with E-state index in [0.717, 1.165) is 12.3 Å². The minimum Gasteiger partial charge on any atom is -0.350 e. The van der Waals surface area contributed by atoms with Crippen LogP contribution in [0.4, 0.5) is 18.9 Å². The molecule has 0 unspecified atom stereocenters. The van der Waals surface area contributed by atoms with E-state index >= 15 is 0 Å². The predicted octanol–water partition coefficient (Wildman–Crippen LogP) is 4.68. The number of halogens is 3. The van der Waals surface area contributed by atoms with Gasteiger partial charge in [0.25, 0.3) is 5.91 Å². The quantitative estimate of drug-likeness (QED) is 0.646. The largest absolute Gasteiger partial charge is 0.417 e. The molecule has 0 aliphatic carbocycles. The number of amides is 1. The third kappa shape index (κ3) is 4.25. The number of benzene rings is 2. The van der Waals surface area contributed by atoms with Gasteiger partial charge in [-0.15, -0.1) is 0 Å². The highest BCUT2D eigenvalue weighted by Gasteiger charge is 2.34. The van der Waals surface area contributed by atoms with Gasteiger partial charge < -0.3 is 9.88 Å². The Bertz CT molecular complexity index is 1210. The van der Waals surface area contributed by atoms with E-state index in [1.54, 1.807) is 14.0 Å². The Morgan fingerprint density at radius 3 is 2.20 bits per heavy atom. The summed E-state index contributed by atoms with van der Waals surface area (Å²) in [5, 5.41) is 2.65. The topological polar surface area (TPSA) is 68.2 Å². The fourth-order valence-corrected chi connectivity index (χ4v) is 3.92. The van der Waals surface area contributed by atoms with Crippen LogP contribution >= 0.6 is 0 Å². The molecule has 0 radical (unpaired) electrons. The van der Waals surface area contributed by atoms with Gasteiger partial charge in [0.15, 0.2) is 9.84 Å². The molecule has 0 aliphatic heterocycles. The van der Waals surface area contributed by atoms with Crippen molar-refractivity contribution in [2.45, 2.75) is 18.0 Å². The number of sulfone groups is 1. The molecule has 1 heterocycles. The average molecular weight is 436 g/mol. The van der Waals surface area contributed by atoms with Gasteiger partial charge in [-0.25, -0.2) is 8.42 Å². The molecule has 0 saturated heterocycles. The lowest BCUT2D eigenvalue weighted by Gasteiger charge is -2.14. The van der Waals surface area contributed by atoms with Crippen molar-refractivity contribution in [2.24, 2.45) is 7.05 Å². The predicted molar refractivity (Wildman–Crippen MR) is 108 cm³/mol. The molecule has 5 nitrogen and oxygen atoms in total. The van der Waals surface area contributed by atoms with Gasteiger partial charge in [0.1, 0.15) is 0 Å². The molecule has 0 bridgehead atoms. The maximum absolute atomic E-state index is 13.4. The molecular weight excluding hydrogens is 417 g/mol. The van der Waals surface area contributed by atoms with E-state index in [0.29, 0.717) is 16.9 Å². The maximum atomic E-state index is 13.4. The smallest absolute Gasteiger partial charge is 0.350 e. The SMILES string of the molecule is Cc1c(C(=O)Nc2ccc(S(C)(=O)=O)cc2)cn(C)c1-c1ccccc1C(F)(F)F. The van der Waals surface area contributed by atoms with Crippen LogP contribution < -0.4 is 5.32 Å². The fraction of sp³-hybridized carbons (Fsp3) is 0.190. The van der Waals surface area contributed by atoms with Crippen LogP contribution in [0.3, 0.4) is 0 Å². The van der Waals surface area contributed by atoms with E-state index < -0.39 is 27.5 Å². The molecule has 30 heavy (non-hydrogen) atoms. The van der Waals surface area contributed by atoms with E-state index in [-0.39, 0.29) is 16.0 Å². The van der Waals surface area contributed by atoms with Crippen molar-refractivity contribution in [2.75, 3.05) is 11.6 Å². The lowest BCUT2D eigenvalue weighted by molar-refractivity contribution is -0.137. The Morgan fingerprint density at radius 2 is 1.63 bits per heavy atom. The van der Waals surface area contributed by atoms with Crippen molar-refractivity contribution >= 4 is 21.4 Å². The molecule has 3 rings (SSSR count). The first kappa shape index (κ1) is 21.6. The van der Waals surface area contributed by atoms with Gasteiger partial charge in [0, 0.05) is 30.8 Å². The van der Waals surface area contributed by atoms with E-state index in [4.69, 9.17) is 0 Å². The number of nitrogens with one attached hydrogen (secondary N) is 1. The maximum Gasteiger partial charge on any atom is 0.417 e. The van der Waals surface area contributed by atoms with Crippen LogP contribution in [0, 0.1) is 6.92 Å². The molecule has 0 saturated carbocycles. The van der Waals surface area contributed by atoms with E-state index in [1.807, 2.05) is 0 Å². The highest BCUT2D eigenvalue weighted by Crippen LogP contribution is 2.39. The average Bonchev–Trinajstić information content (AvgIpc) is 2.95. The minimum absolute atomic E-state index is 0.0124. The summed E-state index contributed by atoms with van der Waals surface area (Å²) in [4.78, 5) is 12.8. The summed E-state index contributed by atoms with van der Waals surface area (Å²) in [5.74, 6) is -0.508. The van der Waals surface area contributed by atoms with Gasteiger partial charge in [-0.1, -0.05) is 18.2 Å².